The van der Waals surface area contributed by atoms with Gasteiger partial charge in [-0.3, -0.25) is 4.79 Å². The molecule has 0 saturated carbocycles. The van der Waals surface area contributed by atoms with E-state index in [0.29, 0.717) is 22.1 Å². The number of aliphatic carboxylic acids is 1. The second-order valence-corrected chi connectivity index (χ2v) is 6.47. The minimum absolute atomic E-state index is 0.166. The monoisotopic (exact) mass is 356 g/mol. The Morgan fingerprint density at radius 3 is 2.54 bits per heavy atom. The van der Waals surface area contributed by atoms with Crippen LogP contribution in [0.25, 0.3) is 21.9 Å². The molecule has 136 valence electrons. The quantitative estimate of drug-likeness (QED) is 0.704. The van der Waals surface area contributed by atoms with Gasteiger partial charge in [0.25, 0.3) is 0 Å². The lowest BCUT2D eigenvalue weighted by Gasteiger charge is -2.15. The zero-order chi connectivity index (χ0) is 19.2. The molecule has 0 spiro atoms. The van der Waals surface area contributed by atoms with Crippen molar-refractivity contribution in [1.29, 1.82) is 0 Å². The van der Waals surface area contributed by atoms with E-state index < -0.39 is 23.5 Å². The highest BCUT2D eigenvalue weighted by Gasteiger charge is 2.20. The third kappa shape index (κ3) is 2.85. The number of benzene rings is 1. The Morgan fingerprint density at radius 2 is 1.88 bits per heavy atom. The smallest absolute Gasteiger partial charge is 0.340 e. The van der Waals surface area contributed by atoms with Crippen LogP contribution in [0.1, 0.15) is 29.2 Å². The predicted molar refractivity (Wildman–Crippen MR) is 92.8 cm³/mol. The Balaban J connectivity index is 2.14. The first-order chi connectivity index (χ1) is 12.2. The molecule has 7 nitrogen and oxygen atoms in total. The van der Waals surface area contributed by atoms with Crippen LogP contribution in [0.15, 0.2) is 26.0 Å². The van der Waals surface area contributed by atoms with Gasteiger partial charge in [-0.2, -0.15) is 0 Å². The van der Waals surface area contributed by atoms with Crippen molar-refractivity contribution in [3.05, 3.63) is 45.0 Å². The zero-order valence-corrected chi connectivity index (χ0v) is 14.9. The van der Waals surface area contributed by atoms with Gasteiger partial charge in [-0.05, 0) is 50.5 Å². The molecule has 3 aromatic rings. The molecule has 1 aromatic carbocycles. The van der Waals surface area contributed by atoms with Crippen molar-refractivity contribution in [3.63, 3.8) is 0 Å². The van der Waals surface area contributed by atoms with E-state index in [1.807, 2.05) is 13.8 Å². The van der Waals surface area contributed by atoms with Crippen molar-refractivity contribution in [2.75, 3.05) is 0 Å². The molecule has 0 aliphatic heterocycles. The number of hydrogen-bond donors (Lipinski definition) is 1. The lowest BCUT2D eigenvalue weighted by atomic mass is 9.98. The molecule has 2 heterocycles. The highest BCUT2D eigenvalue weighted by atomic mass is 16.4. The fourth-order valence-electron chi connectivity index (χ4n) is 3.19. The summed E-state index contributed by atoms with van der Waals surface area (Å²) in [5, 5.41) is 14.6. The first-order valence-corrected chi connectivity index (χ1v) is 8.14. The summed E-state index contributed by atoms with van der Waals surface area (Å²) in [7, 11) is 0. The number of aryl methyl sites for hydroxylation is 3. The van der Waals surface area contributed by atoms with Gasteiger partial charge in [-0.15, -0.1) is 0 Å². The molecule has 0 aliphatic rings. The maximum absolute atomic E-state index is 12.4. The predicted octanol–water partition coefficient (Wildman–Crippen LogP) is 1.26. The second kappa shape index (κ2) is 6.33. The lowest BCUT2D eigenvalue weighted by Crippen LogP contribution is -2.46. The van der Waals surface area contributed by atoms with Crippen LogP contribution >= 0.6 is 0 Å². The van der Waals surface area contributed by atoms with Crippen molar-refractivity contribution < 1.29 is 23.5 Å². The Labute approximate surface area is 148 Å². The lowest BCUT2D eigenvalue weighted by molar-refractivity contribution is -0.307. The summed E-state index contributed by atoms with van der Waals surface area (Å²) in [4.78, 5) is 35.2. The maximum Gasteiger partial charge on any atom is 0.340 e. The van der Waals surface area contributed by atoms with Crippen LogP contribution in [-0.2, 0) is 16.0 Å². The number of rotatable bonds is 4. The van der Waals surface area contributed by atoms with E-state index >= 15 is 0 Å². The molecule has 0 unspecified atom stereocenters. The molecule has 0 saturated heterocycles. The molecule has 0 aliphatic carbocycles. The minimum Gasteiger partial charge on any atom is -0.548 e. The average molecular weight is 356 g/mol. The highest BCUT2D eigenvalue weighted by molar-refractivity contribution is 6.07. The highest BCUT2D eigenvalue weighted by Crippen LogP contribution is 2.34. The second-order valence-electron chi connectivity index (χ2n) is 6.47. The van der Waals surface area contributed by atoms with Crippen LogP contribution in [-0.4, -0.2) is 17.9 Å². The molecule has 1 atom stereocenters. The van der Waals surface area contributed by atoms with Crippen LogP contribution in [0.4, 0.5) is 0 Å². The normalized spacial score (nSPS) is 12.5. The summed E-state index contributed by atoms with van der Waals surface area (Å²) >= 11 is 0. The van der Waals surface area contributed by atoms with Gasteiger partial charge in [0, 0.05) is 5.39 Å². The molecule has 26 heavy (non-hydrogen) atoms. The van der Waals surface area contributed by atoms with E-state index in [-0.39, 0.29) is 12.0 Å². The molecule has 0 radical (unpaired) electrons. The minimum atomic E-state index is -1.40. The number of furan rings is 1. The zero-order valence-electron chi connectivity index (χ0n) is 14.9. The maximum atomic E-state index is 12.4. The Morgan fingerprint density at radius 1 is 1.19 bits per heavy atom. The van der Waals surface area contributed by atoms with E-state index in [1.165, 1.54) is 6.92 Å². The molecular formula is C19H18NO6-. The first-order valence-electron chi connectivity index (χ1n) is 8.14. The van der Waals surface area contributed by atoms with E-state index in [0.717, 1.165) is 16.5 Å². The van der Waals surface area contributed by atoms with Crippen LogP contribution in [0.2, 0.25) is 0 Å². The van der Waals surface area contributed by atoms with Gasteiger partial charge in [0.15, 0.2) is 0 Å². The molecule has 0 fully saturated rings. The van der Waals surface area contributed by atoms with E-state index in [4.69, 9.17) is 8.83 Å². The number of nitrogens with one attached hydrogen (secondary N) is 1. The number of carbonyl (C=O) groups excluding carboxylic acids is 2. The molecule has 1 N–H and O–H groups in total. The van der Waals surface area contributed by atoms with E-state index in [1.54, 1.807) is 19.3 Å². The topological polar surface area (TPSA) is 113 Å². The third-order valence-electron chi connectivity index (χ3n) is 4.54. The van der Waals surface area contributed by atoms with Crippen molar-refractivity contribution >= 4 is 33.8 Å². The standard InChI is InChI=1S/C19H19NO6/c1-8-5-13-16(17-15(8)9(2)7-25-17)10(3)12(19(24)26-13)6-14(21)20-11(4)18(22)23/h5,7,11H,6H2,1-4H3,(H,20,21)(H,22,23)/p-1/t11-/m0/s1. The molecule has 2 aromatic heterocycles. The van der Waals surface area contributed by atoms with Gasteiger partial charge < -0.3 is 24.1 Å². The fraction of sp³-hybridized carbons (Fsp3) is 0.316. The van der Waals surface area contributed by atoms with E-state index in [2.05, 4.69) is 5.32 Å². The Bertz CT molecular complexity index is 1100. The van der Waals surface area contributed by atoms with Crippen molar-refractivity contribution in [2.24, 2.45) is 0 Å². The van der Waals surface area contributed by atoms with Crippen LogP contribution in [0.3, 0.4) is 0 Å². The summed E-state index contributed by atoms with van der Waals surface area (Å²) in [5.74, 6) is -2.00. The summed E-state index contributed by atoms with van der Waals surface area (Å²) in [6, 6.07) is 0.619. The average Bonchev–Trinajstić information content (AvgIpc) is 2.93. The van der Waals surface area contributed by atoms with Crippen molar-refractivity contribution in [1.82, 2.24) is 5.32 Å². The molecule has 7 heteroatoms. The van der Waals surface area contributed by atoms with Crippen LogP contribution < -0.4 is 16.0 Å². The van der Waals surface area contributed by atoms with Gasteiger partial charge in [0.05, 0.1) is 35.6 Å². The Kier molecular flexibility index (Phi) is 4.31. The molecule has 0 bridgehead atoms. The van der Waals surface area contributed by atoms with Gasteiger partial charge >= 0.3 is 5.63 Å². The van der Waals surface area contributed by atoms with Crippen molar-refractivity contribution in [3.8, 4) is 0 Å². The number of carboxylic acids is 1. The SMILES string of the molecule is Cc1coc2c1c(C)cc1oc(=O)c(CC(=O)N[C@@H](C)C(=O)[O-])c(C)c12. The van der Waals surface area contributed by atoms with Gasteiger partial charge in [-0.1, -0.05) is 0 Å². The number of fused-ring (bicyclic) bond motifs is 3. The summed E-state index contributed by atoms with van der Waals surface area (Å²) in [6.45, 7) is 6.84. The number of amides is 1. The summed E-state index contributed by atoms with van der Waals surface area (Å²) in [5.41, 5.74) is 2.99. The van der Waals surface area contributed by atoms with Gasteiger partial charge in [0.1, 0.15) is 11.2 Å². The number of carbonyl (C=O) groups is 2. The fourth-order valence-corrected chi connectivity index (χ4v) is 3.19. The van der Waals surface area contributed by atoms with Gasteiger partial charge in [0.2, 0.25) is 5.91 Å². The third-order valence-corrected chi connectivity index (χ3v) is 4.54. The van der Waals surface area contributed by atoms with Gasteiger partial charge in [-0.25, -0.2) is 4.79 Å². The van der Waals surface area contributed by atoms with Crippen molar-refractivity contribution in [2.45, 2.75) is 40.2 Å². The molecule has 3 rings (SSSR count). The number of hydrogen-bond acceptors (Lipinski definition) is 6. The summed E-state index contributed by atoms with van der Waals surface area (Å²) in [6.07, 6.45) is 1.34. The Hall–Kier alpha value is -3.09. The summed E-state index contributed by atoms with van der Waals surface area (Å²) < 4.78 is 11.1. The molecule has 1 amide bonds. The van der Waals surface area contributed by atoms with E-state index in [9.17, 15) is 19.5 Å². The van der Waals surface area contributed by atoms with Crippen LogP contribution in [0, 0.1) is 20.8 Å². The first kappa shape index (κ1) is 17.7. The number of carboxylic acid groups (broad SMARTS) is 1. The van der Waals surface area contributed by atoms with Crippen LogP contribution in [0.5, 0.6) is 0 Å². The molecular weight excluding hydrogens is 338 g/mol. The largest absolute Gasteiger partial charge is 0.548 e.